The van der Waals surface area contributed by atoms with E-state index in [9.17, 15) is 19.2 Å². The smallest absolute Gasteiger partial charge is 0.328 e. The minimum Gasteiger partial charge on any atom is -0.480 e. The number of hydrogen-bond acceptors (Lipinski definition) is 6. The number of ether oxygens (including phenoxy) is 1. The highest BCUT2D eigenvalue weighted by molar-refractivity contribution is 5.87. The number of aliphatic hydroxyl groups is 1. The minimum atomic E-state index is -1.39. The molecule has 0 fully saturated rings. The number of aliphatic hydroxyl groups excluding tert-OH is 1. The van der Waals surface area contributed by atoms with Gasteiger partial charge in [-0.1, -0.05) is 102 Å². The van der Waals surface area contributed by atoms with Crippen LogP contribution in [0.5, 0.6) is 0 Å². The van der Waals surface area contributed by atoms with Crippen LogP contribution in [0.1, 0.15) is 149 Å². The maximum absolute atomic E-state index is 12.6. The lowest BCUT2D eigenvalue weighted by molar-refractivity contribution is -0.147. The molecule has 0 aliphatic rings. The van der Waals surface area contributed by atoms with Gasteiger partial charge in [0, 0.05) is 12.8 Å². The van der Waals surface area contributed by atoms with E-state index in [-0.39, 0.29) is 30.9 Å². The molecule has 0 rings (SSSR count). The van der Waals surface area contributed by atoms with Crippen LogP contribution in [0.3, 0.4) is 0 Å². The van der Waals surface area contributed by atoms with E-state index in [1.54, 1.807) is 0 Å². The van der Waals surface area contributed by atoms with Crippen molar-refractivity contribution >= 4 is 23.8 Å². The molecule has 2 atom stereocenters. The molecule has 2 unspecified atom stereocenters. The van der Waals surface area contributed by atoms with Crippen LogP contribution in [0.4, 0.5) is 0 Å². The molecule has 2 amide bonds. The molecule has 0 bridgehead atoms. The third-order valence-corrected chi connectivity index (χ3v) is 7.57. The molecule has 0 aromatic carbocycles. The summed E-state index contributed by atoms with van der Waals surface area (Å²) in [6.07, 6.45) is 33.4. The van der Waals surface area contributed by atoms with E-state index in [0.29, 0.717) is 12.8 Å². The zero-order chi connectivity index (χ0) is 34.1. The lowest BCUT2D eigenvalue weighted by Gasteiger charge is -2.15. The van der Waals surface area contributed by atoms with E-state index in [2.05, 4.69) is 54.9 Å². The molecule has 0 aromatic heterocycles. The Kier molecular flexibility index (Phi) is 30.0. The van der Waals surface area contributed by atoms with Crippen molar-refractivity contribution in [2.24, 2.45) is 0 Å². The van der Waals surface area contributed by atoms with E-state index in [1.807, 2.05) is 6.08 Å². The number of rotatable bonds is 31. The number of carbonyl (C=O) groups excluding carboxylic acids is 3. The molecule has 9 heteroatoms. The summed E-state index contributed by atoms with van der Waals surface area (Å²) < 4.78 is 5.82. The number of unbranched alkanes of at least 4 members (excludes halogenated alkanes) is 13. The Labute approximate surface area is 278 Å². The third kappa shape index (κ3) is 28.5. The predicted octanol–water partition coefficient (Wildman–Crippen LogP) is 7.48. The van der Waals surface area contributed by atoms with Gasteiger partial charge in [0.25, 0.3) is 0 Å². The number of esters is 1. The van der Waals surface area contributed by atoms with Crippen molar-refractivity contribution in [3.05, 3.63) is 36.5 Å². The van der Waals surface area contributed by atoms with E-state index >= 15 is 0 Å². The molecule has 0 saturated heterocycles. The fourth-order valence-corrected chi connectivity index (χ4v) is 4.78. The van der Waals surface area contributed by atoms with Crippen molar-refractivity contribution in [1.82, 2.24) is 10.6 Å². The highest BCUT2D eigenvalue weighted by Crippen LogP contribution is 2.14. The average Bonchev–Trinajstić information content (AvgIpc) is 3.03. The van der Waals surface area contributed by atoms with Crippen molar-refractivity contribution in [2.45, 2.75) is 161 Å². The summed E-state index contributed by atoms with van der Waals surface area (Å²) in [6.45, 7) is 3.32. The minimum absolute atomic E-state index is 0.142. The lowest BCUT2D eigenvalue weighted by atomic mass is 10.1. The van der Waals surface area contributed by atoms with Gasteiger partial charge < -0.3 is 25.6 Å². The number of carboxylic acid groups (broad SMARTS) is 1. The second-order valence-electron chi connectivity index (χ2n) is 11.9. The Morgan fingerprint density at radius 1 is 0.674 bits per heavy atom. The lowest BCUT2D eigenvalue weighted by Crippen LogP contribution is -2.47. The van der Waals surface area contributed by atoms with Crippen molar-refractivity contribution < 1.29 is 34.1 Å². The fraction of sp³-hybridized carbons (Fsp3) is 0.730. The largest absolute Gasteiger partial charge is 0.480 e. The van der Waals surface area contributed by atoms with Gasteiger partial charge >= 0.3 is 11.9 Å². The maximum atomic E-state index is 12.6. The second-order valence-corrected chi connectivity index (χ2v) is 11.9. The van der Waals surface area contributed by atoms with Crippen LogP contribution in [0.2, 0.25) is 0 Å². The summed E-state index contributed by atoms with van der Waals surface area (Å²) in [5.41, 5.74) is 0. The van der Waals surface area contributed by atoms with Crippen LogP contribution < -0.4 is 10.6 Å². The SMILES string of the molecule is CCC/C=C\C/C=C\C(CCCCCCC(=O)NCC(=O)NC(CO)C(=O)O)OC(=O)CCCCCCC/C=C\CCCCCC. The Bertz CT molecular complexity index is 885. The van der Waals surface area contributed by atoms with E-state index < -0.39 is 24.5 Å². The average molecular weight is 649 g/mol. The molecule has 0 aliphatic heterocycles. The monoisotopic (exact) mass is 648 g/mol. The van der Waals surface area contributed by atoms with Crippen molar-refractivity contribution in [3.8, 4) is 0 Å². The molecule has 46 heavy (non-hydrogen) atoms. The molecule has 9 nitrogen and oxygen atoms in total. The normalized spacial score (nSPS) is 12.9. The number of carbonyl (C=O) groups is 4. The van der Waals surface area contributed by atoms with Gasteiger partial charge in [0.1, 0.15) is 12.1 Å². The molecule has 0 saturated carbocycles. The van der Waals surface area contributed by atoms with E-state index in [0.717, 1.165) is 70.6 Å². The van der Waals surface area contributed by atoms with Gasteiger partial charge in [0.05, 0.1) is 13.2 Å². The number of amides is 2. The number of allylic oxidation sites excluding steroid dienone is 5. The Morgan fingerprint density at radius 2 is 1.28 bits per heavy atom. The molecule has 0 aliphatic carbocycles. The third-order valence-electron chi connectivity index (χ3n) is 7.57. The van der Waals surface area contributed by atoms with Crippen molar-refractivity contribution in [1.29, 1.82) is 0 Å². The number of nitrogens with one attached hydrogen (secondary N) is 2. The first-order chi connectivity index (χ1) is 22.3. The molecular weight excluding hydrogens is 584 g/mol. The highest BCUT2D eigenvalue weighted by atomic mass is 16.5. The summed E-state index contributed by atoms with van der Waals surface area (Å²) in [5, 5.41) is 22.4. The predicted molar refractivity (Wildman–Crippen MR) is 185 cm³/mol. The van der Waals surface area contributed by atoms with Gasteiger partial charge in [0.15, 0.2) is 0 Å². The van der Waals surface area contributed by atoms with Crippen molar-refractivity contribution in [2.75, 3.05) is 13.2 Å². The van der Waals surface area contributed by atoms with Crippen LogP contribution in [0, 0.1) is 0 Å². The summed E-state index contributed by atoms with van der Waals surface area (Å²) >= 11 is 0. The van der Waals surface area contributed by atoms with Gasteiger partial charge in [-0.25, -0.2) is 4.79 Å². The fourth-order valence-electron chi connectivity index (χ4n) is 4.78. The maximum Gasteiger partial charge on any atom is 0.328 e. The molecule has 0 heterocycles. The second kappa shape index (κ2) is 32.0. The van der Waals surface area contributed by atoms with Crippen molar-refractivity contribution in [3.63, 3.8) is 0 Å². The Morgan fingerprint density at radius 3 is 1.93 bits per heavy atom. The molecule has 0 radical (unpaired) electrons. The van der Waals surface area contributed by atoms with Crippen LogP contribution >= 0.6 is 0 Å². The Balaban J connectivity index is 4.27. The Hall–Kier alpha value is -2.94. The van der Waals surface area contributed by atoms with Crippen LogP contribution in [0.25, 0.3) is 0 Å². The molecular formula is C37H64N2O7. The molecule has 264 valence electrons. The van der Waals surface area contributed by atoms with Gasteiger partial charge in [0.2, 0.25) is 11.8 Å². The summed E-state index contributed by atoms with van der Waals surface area (Å²) in [4.78, 5) is 47.2. The number of carboxylic acids is 1. The first-order valence-electron chi connectivity index (χ1n) is 17.9. The summed E-state index contributed by atoms with van der Waals surface area (Å²) in [6, 6.07) is -1.39. The molecule has 0 spiro atoms. The first-order valence-corrected chi connectivity index (χ1v) is 17.9. The van der Waals surface area contributed by atoms with Gasteiger partial charge in [-0.05, 0) is 70.3 Å². The van der Waals surface area contributed by atoms with E-state index in [1.165, 1.54) is 44.9 Å². The first kappa shape index (κ1) is 43.1. The number of hydrogen-bond donors (Lipinski definition) is 4. The van der Waals surface area contributed by atoms with Gasteiger partial charge in [-0.2, -0.15) is 0 Å². The van der Waals surface area contributed by atoms with Crippen LogP contribution in [0.15, 0.2) is 36.5 Å². The number of aliphatic carboxylic acids is 1. The quantitative estimate of drug-likeness (QED) is 0.0347. The van der Waals surface area contributed by atoms with Gasteiger partial charge in [-0.15, -0.1) is 0 Å². The van der Waals surface area contributed by atoms with Gasteiger partial charge in [-0.3, -0.25) is 14.4 Å². The topological polar surface area (TPSA) is 142 Å². The summed E-state index contributed by atoms with van der Waals surface area (Å²) in [7, 11) is 0. The van der Waals surface area contributed by atoms with Crippen LogP contribution in [-0.2, 0) is 23.9 Å². The van der Waals surface area contributed by atoms with E-state index in [4.69, 9.17) is 14.9 Å². The standard InChI is InChI=1S/C37H64N2O7/c1-3-5-7-9-11-12-13-14-15-16-17-19-25-29-36(43)46-32(26-22-18-10-8-6-4-2)27-23-20-21-24-28-34(41)38-30-35(42)39-33(31-40)37(44)45/h8,10,12-13,22,26,32-33,40H,3-7,9,11,14-21,23-25,27-31H2,1-2H3,(H,38,41)(H,39,42)(H,44,45)/b10-8-,13-12-,26-22-. The molecule has 4 N–H and O–H groups in total. The zero-order valence-corrected chi connectivity index (χ0v) is 28.8. The van der Waals surface area contributed by atoms with Crippen LogP contribution in [-0.4, -0.2) is 59.3 Å². The summed E-state index contributed by atoms with van der Waals surface area (Å²) in [5.74, 6) is -2.44. The zero-order valence-electron chi connectivity index (χ0n) is 28.8. The molecule has 0 aromatic rings. The highest BCUT2D eigenvalue weighted by Gasteiger charge is 2.18.